The van der Waals surface area contributed by atoms with Gasteiger partial charge < -0.3 is 0 Å². The van der Waals surface area contributed by atoms with Crippen LogP contribution in [0.4, 0.5) is 8.78 Å². The molecule has 0 aliphatic carbocycles. The third-order valence-corrected chi connectivity index (χ3v) is 4.56. The summed E-state index contributed by atoms with van der Waals surface area (Å²) in [6.07, 6.45) is 3.20. The maximum atomic E-state index is 14.6. The number of hydrogen-bond donors (Lipinski definition) is 0. The summed E-state index contributed by atoms with van der Waals surface area (Å²) >= 11 is 0.991. The van der Waals surface area contributed by atoms with Gasteiger partial charge in [-0.05, 0) is 24.6 Å². The second-order valence-electron chi connectivity index (χ2n) is 5.61. The van der Waals surface area contributed by atoms with E-state index in [1.807, 2.05) is 13.8 Å². The predicted molar refractivity (Wildman–Crippen MR) is 113 cm³/mol. The smallest absolute Gasteiger partial charge is 0.279 e. The first-order chi connectivity index (χ1) is 13.8. The Hall–Kier alpha value is -3.31. The lowest BCUT2D eigenvalue weighted by Gasteiger charge is -2.10. The Kier molecular flexibility index (Phi) is 7.02. The number of nitrogens with zero attached hydrogens (tertiary/aromatic N) is 3. The Morgan fingerprint density at radius 3 is 2.45 bits per heavy atom. The molecule has 1 aromatic carbocycles. The van der Waals surface area contributed by atoms with Gasteiger partial charge in [-0.15, -0.1) is 11.3 Å². The molecule has 0 aliphatic rings. The molecule has 3 aromatic rings. The fourth-order valence-corrected chi connectivity index (χ4v) is 3.24. The normalized spacial score (nSPS) is 10.8. The molecule has 0 saturated carbocycles. The van der Waals surface area contributed by atoms with E-state index in [9.17, 15) is 18.4 Å². The molecule has 0 aliphatic heterocycles. The van der Waals surface area contributed by atoms with Gasteiger partial charge in [0, 0.05) is 12.6 Å². The standard InChI is InChI=1S/C19H13F2N3O2S.C2H6/c1-4-5-11(2)6-7-12-8-13(20)15(14(21)9-12)24-18(25)16-17(22-10-27-16)23(3)19(24)26;1-2/h4-5,8-10H,1H2,2-3H3;1-2H3/b11-5+;. The van der Waals surface area contributed by atoms with E-state index >= 15 is 0 Å². The number of rotatable bonds is 2. The molecule has 2 aromatic heterocycles. The van der Waals surface area contributed by atoms with Crippen molar-refractivity contribution in [1.29, 1.82) is 0 Å². The van der Waals surface area contributed by atoms with Crippen molar-refractivity contribution in [3.8, 4) is 17.5 Å². The summed E-state index contributed by atoms with van der Waals surface area (Å²) in [5.74, 6) is 3.24. The van der Waals surface area contributed by atoms with E-state index in [0.29, 0.717) is 10.1 Å². The molecule has 8 heteroatoms. The third kappa shape index (κ3) is 4.25. The molecule has 0 radical (unpaired) electrons. The molecule has 0 saturated heterocycles. The zero-order valence-electron chi connectivity index (χ0n) is 16.4. The van der Waals surface area contributed by atoms with Gasteiger partial charge in [0.25, 0.3) is 5.56 Å². The van der Waals surface area contributed by atoms with Gasteiger partial charge in [-0.2, -0.15) is 0 Å². The molecule has 3 rings (SSSR count). The highest BCUT2D eigenvalue weighted by molar-refractivity contribution is 7.16. The van der Waals surface area contributed by atoms with Gasteiger partial charge >= 0.3 is 5.69 Å². The predicted octanol–water partition coefficient (Wildman–Crippen LogP) is 3.93. The van der Waals surface area contributed by atoms with Gasteiger partial charge in [0.05, 0.1) is 5.51 Å². The molecule has 0 fully saturated rings. The summed E-state index contributed by atoms with van der Waals surface area (Å²) in [6, 6.07) is 1.96. The highest BCUT2D eigenvalue weighted by Gasteiger charge is 2.21. The van der Waals surface area contributed by atoms with Crippen LogP contribution in [0.5, 0.6) is 0 Å². The molecule has 0 atom stereocenters. The monoisotopic (exact) mass is 415 g/mol. The Morgan fingerprint density at radius 2 is 1.86 bits per heavy atom. The first-order valence-corrected chi connectivity index (χ1v) is 9.59. The van der Waals surface area contributed by atoms with Gasteiger partial charge in [-0.1, -0.05) is 44.4 Å². The van der Waals surface area contributed by atoms with Crippen LogP contribution in [-0.4, -0.2) is 14.1 Å². The SMILES string of the molecule is C=C/C=C(\C)C#Cc1cc(F)c(-n2c(=O)c3scnc3n(C)c2=O)c(F)c1.CC. The maximum absolute atomic E-state index is 14.6. The number of halogens is 2. The third-order valence-electron chi connectivity index (χ3n) is 3.75. The van der Waals surface area contributed by atoms with Crippen molar-refractivity contribution >= 4 is 21.7 Å². The first-order valence-electron chi connectivity index (χ1n) is 8.71. The number of aryl methyl sites for hydroxylation is 1. The van der Waals surface area contributed by atoms with Crippen LogP contribution in [0.3, 0.4) is 0 Å². The lowest BCUT2D eigenvalue weighted by atomic mass is 10.1. The van der Waals surface area contributed by atoms with E-state index in [4.69, 9.17) is 0 Å². The molecule has 2 heterocycles. The van der Waals surface area contributed by atoms with Crippen molar-refractivity contribution in [2.75, 3.05) is 0 Å². The second-order valence-corrected chi connectivity index (χ2v) is 6.47. The fourth-order valence-electron chi connectivity index (χ4n) is 2.49. The molecule has 0 N–H and O–H groups in total. The number of allylic oxidation sites excluding steroid dienone is 3. The molecule has 0 spiro atoms. The van der Waals surface area contributed by atoms with E-state index in [0.717, 1.165) is 28.0 Å². The minimum Gasteiger partial charge on any atom is -0.279 e. The van der Waals surface area contributed by atoms with Crippen molar-refractivity contribution in [1.82, 2.24) is 14.1 Å². The van der Waals surface area contributed by atoms with Crippen molar-refractivity contribution in [3.05, 3.63) is 80.0 Å². The zero-order chi connectivity index (χ0) is 21.7. The van der Waals surface area contributed by atoms with E-state index in [-0.39, 0.29) is 15.9 Å². The summed E-state index contributed by atoms with van der Waals surface area (Å²) in [5.41, 5.74) is -0.152. The van der Waals surface area contributed by atoms with Gasteiger partial charge in [0.1, 0.15) is 10.4 Å². The van der Waals surface area contributed by atoms with Crippen molar-refractivity contribution in [2.45, 2.75) is 20.8 Å². The Morgan fingerprint density at radius 1 is 1.24 bits per heavy atom. The number of benzene rings is 1. The van der Waals surface area contributed by atoms with Crippen LogP contribution < -0.4 is 11.2 Å². The summed E-state index contributed by atoms with van der Waals surface area (Å²) < 4.78 is 30.9. The van der Waals surface area contributed by atoms with Crippen LogP contribution in [0.15, 0.2) is 51.5 Å². The minimum absolute atomic E-state index is 0.0781. The van der Waals surface area contributed by atoms with Crippen LogP contribution in [0.25, 0.3) is 16.0 Å². The average molecular weight is 415 g/mol. The van der Waals surface area contributed by atoms with Crippen LogP contribution in [0, 0.1) is 23.5 Å². The first kappa shape index (κ1) is 22.0. The molecule has 0 amide bonds. The number of aromatic nitrogens is 3. The molecule has 150 valence electrons. The quantitative estimate of drug-likeness (QED) is 0.471. The van der Waals surface area contributed by atoms with Crippen LogP contribution in [-0.2, 0) is 7.05 Å². The highest BCUT2D eigenvalue weighted by atomic mass is 32.1. The summed E-state index contributed by atoms with van der Waals surface area (Å²) in [6.45, 7) is 9.26. The zero-order valence-corrected chi connectivity index (χ0v) is 17.2. The van der Waals surface area contributed by atoms with Crippen molar-refractivity contribution in [2.24, 2.45) is 7.05 Å². The average Bonchev–Trinajstić information content (AvgIpc) is 3.19. The Balaban J connectivity index is 0.00000145. The fraction of sp³-hybridized carbons (Fsp3) is 0.190. The number of thiazole rings is 1. The van der Waals surface area contributed by atoms with Crippen LogP contribution in [0.2, 0.25) is 0 Å². The van der Waals surface area contributed by atoms with E-state index in [2.05, 4.69) is 23.4 Å². The molecule has 0 unspecified atom stereocenters. The van der Waals surface area contributed by atoms with Crippen LogP contribution >= 0.6 is 11.3 Å². The van der Waals surface area contributed by atoms with E-state index in [1.165, 1.54) is 12.6 Å². The molecular weight excluding hydrogens is 396 g/mol. The summed E-state index contributed by atoms with van der Waals surface area (Å²) in [4.78, 5) is 29.0. The molecular formula is C21H19F2N3O2S. The van der Waals surface area contributed by atoms with Crippen molar-refractivity contribution < 1.29 is 8.78 Å². The van der Waals surface area contributed by atoms with Gasteiger partial charge in [-0.3, -0.25) is 9.36 Å². The van der Waals surface area contributed by atoms with Crippen LogP contribution in [0.1, 0.15) is 26.3 Å². The summed E-state index contributed by atoms with van der Waals surface area (Å²) in [5, 5.41) is 0. The molecule has 5 nitrogen and oxygen atoms in total. The maximum Gasteiger partial charge on any atom is 0.337 e. The largest absolute Gasteiger partial charge is 0.337 e. The lowest BCUT2D eigenvalue weighted by Crippen LogP contribution is -2.38. The Bertz CT molecular complexity index is 1260. The minimum atomic E-state index is -1.06. The van der Waals surface area contributed by atoms with E-state index in [1.54, 1.807) is 19.1 Å². The number of fused-ring (bicyclic) bond motifs is 1. The summed E-state index contributed by atoms with van der Waals surface area (Å²) in [7, 11) is 1.38. The van der Waals surface area contributed by atoms with Gasteiger partial charge in [0.15, 0.2) is 17.3 Å². The second kappa shape index (κ2) is 9.26. The van der Waals surface area contributed by atoms with E-state index < -0.39 is 28.6 Å². The lowest BCUT2D eigenvalue weighted by molar-refractivity contribution is 0.559. The van der Waals surface area contributed by atoms with Crippen molar-refractivity contribution in [3.63, 3.8) is 0 Å². The number of hydrogen-bond acceptors (Lipinski definition) is 4. The molecule has 0 bridgehead atoms. The topological polar surface area (TPSA) is 56.9 Å². The van der Waals surface area contributed by atoms with Gasteiger partial charge in [0.2, 0.25) is 0 Å². The van der Waals surface area contributed by atoms with Gasteiger partial charge in [-0.25, -0.2) is 23.1 Å². The Labute approximate surface area is 170 Å². The highest BCUT2D eigenvalue weighted by Crippen LogP contribution is 2.19. The molecule has 29 heavy (non-hydrogen) atoms.